The van der Waals surface area contributed by atoms with E-state index in [1.165, 1.54) is 47.9 Å². The van der Waals surface area contributed by atoms with Crippen LogP contribution in [0.3, 0.4) is 0 Å². The van der Waals surface area contributed by atoms with E-state index in [1.54, 1.807) is 24.0 Å². The van der Waals surface area contributed by atoms with Crippen LogP contribution in [0.5, 0.6) is 5.75 Å². The molecule has 0 spiro atoms. The van der Waals surface area contributed by atoms with Gasteiger partial charge in [0.1, 0.15) is 5.75 Å². The number of nitrogens with zero attached hydrogens (tertiary/aromatic N) is 1. The highest BCUT2D eigenvalue weighted by atomic mass is 32.1. The van der Waals surface area contributed by atoms with Gasteiger partial charge in [-0.25, -0.2) is 0 Å². The van der Waals surface area contributed by atoms with E-state index in [0.717, 1.165) is 24.8 Å². The highest BCUT2D eigenvalue weighted by molar-refractivity contribution is 7.08. The minimum absolute atomic E-state index is 0.574. The van der Waals surface area contributed by atoms with Crippen molar-refractivity contribution in [3.05, 3.63) is 93.7 Å². The summed E-state index contributed by atoms with van der Waals surface area (Å²) in [6.45, 7) is 1.16. The Morgan fingerprint density at radius 2 is 1.80 bits per heavy atom. The molecular formula is C27H29NOS. The average molecular weight is 416 g/mol. The fraction of sp³-hybridized carbons (Fsp3) is 0.333. The first-order valence-electron chi connectivity index (χ1n) is 11.0. The van der Waals surface area contributed by atoms with Gasteiger partial charge in [0.05, 0.1) is 7.11 Å². The average Bonchev–Trinajstić information content (AvgIpc) is 3.42. The summed E-state index contributed by atoms with van der Waals surface area (Å²) in [6.07, 6.45) is 6.26. The Kier molecular flexibility index (Phi) is 5.74. The van der Waals surface area contributed by atoms with E-state index in [0.29, 0.717) is 6.04 Å². The van der Waals surface area contributed by atoms with Crippen molar-refractivity contribution < 1.29 is 4.74 Å². The van der Waals surface area contributed by atoms with Crippen molar-refractivity contribution >= 4 is 16.9 Å². The van der Waals surface area contributed by atoms with E-state index in [1.807, 2.05) is 0 Å². The molecule has 2 saturated heterocycles. The number of benzene rings is 2. The Labute approximate surface area is 183 Å². The van der Waals surface area contributed by atoms with Crippen LogP contribution in [0.4, 0.5) is 0 Å². The van der Waals surface area contributed by atoms with Crippen LogP contribution in [0.1, 0.15) is 42.4 Å². The maximum atomic E-state index is 5.40. The van der Waals surface area contributed by atoms with Gasteiger partial charge >= 0.3 is 0 Å². The maximum Gasteiger partial charge on any atom is 0.118 e. The molecule has 0 aliphatic carbocycles. The van der Waals surface area contributed by atoms with Gasteiger partial charge in [-0.2, -0.15) is 11.3 Å². The maximum absolute atomic E-state index is 5.40. The monoisotopic (exact) mass is 415 g/mol. The van der Waals surface area contributed by atoms with Crippen molar-refractivity contribution in [2.45, 2.75) is 44.2 Å². The summed E-state index contributed by atoms with van der Waals surface area (Å²) in [6, 6.07) is 23.2. The van der Waals surface area contributed by atoms with Gasteiger partial charge in [-0.05, 0) is 88.9 Å². The van der Waals surface area contributed by atoms with Crippen LogP contribution in [0.2, 0.25) is 0 Å². The summed E-state index contributed by atoms with van der Waals surface area (Å²) in [5.41, 5.74) is 7.22. The van der Waals surface area contributed by atoms with E-state index in [4.69, 9.17) is 4.74 Å². The summed E-state index contributed by atoms with van der Waals surface area (Å²) >= 11 is 1.79. The number of rotatable bonds is 6. The topological polar surface area (TPSA) is 12.5 Å². The molecule has 5 rings (SSSR count). The molecule has 2 atom stereocenters. The molecular weight excluding hydrogens is 386 g/mol. The molecule has 3 heterocycles. The lowest BCUT2D eigenvalue weighted by atomic mass is 9.86. The third-order valence-corrected chi connectivity index (χ3v) is 7.49. The lowest BCUT2D eigenvalue weighted by Gasteiger charge is -2.38. The predicted molar refractivity (Wildman–Crippen MR) is 126 cm³/mol. The first-order valence-corrected chi connectivity index (χ1v) is 12.0. The largest absolute Gasteiger partial charge is 0.497 e. The van der Waals surface area contributed by atoms with Gasteiger partial charge < -0.3 is 4.74 Å². The highest BCUT2D eigenvalue weighted by Gasteiger charge is 2.40. The Morgan fingerprint density at radius 3 is 2.53 bits per heavy atom. The van der Waals surface area contributed by atoms with Crippen molar-refractivity contribution in [1.29, 1.82) is 0 Å². The smallest absolute Gasteiger partial charge is 0.118 e. The van der Waals surface area contributed by atoms with Crippen molar-refractivity contribution in [3.8, 4) is 5.75 Å². The van der Waals surface area contributed by atoms with Crippen LogP contribution in [-0.2, 0) is 6.42 Å². The third-order valence-electron chi connectivity index (χ3n) is 6.80. The van der Waals surface area contributed by atoms with Crippen molar-refractivity contribution in [2.75, 3.05) is 13.7 Å². The van der Waals surface area contributed by atoms with Crippen LogP contribution >= 0.6 is 11.3 Å². The van der Waals surface area contributed by atoms with Crippen molar-refractivity contribution in [3.63, 3.8) is 0 Å². The molecule has 2 bridgehead atoms. The lowest BCUT2D eigenvalue weighted by Crippen LogP contribution is -2.42. The first-order chi connectivity index (χ1) is 14.8. The van der Waals surface area contributed by atoms with E-state index < -0.39 is 0 Å². The van der Waals surface area contributed by atoms with Gasteiger partial charge in [0.25, 0.3) is 0 Å². The molecule has 0 radical (unpaired) electrons. The van der Waals surface area contributed by atoms with Gasteiger partial charge in [0, 0.05) is 18.6 Å². The Balaban J connectivity index is 1.49. The zero-order chi connectivity index (χ0) is 20.3. The van der Waals surface area contributed by atoms with Crippen molar-refractivity contribution in [2.24, 2.45) is 0 Å². The standard InChI is InChI=1S/C27H29NOS/c1-29-24-11-7-21(8-12-24)27(22-16-18-30-19-22)25-13-9-23-10-14-26(25)28(23)17-15-20-5-3-2-4-6-20/h2-8,11-12,16,18-19,23,26H,9-10,13-15,17H2,1H3. The van der Waals surface area contributed by atoms with Gasteiger partial charge in [0.2, 0.25) is 0 Å². The number of hydrogen-bond acceptors (Lipinski definition) is 3. The molecule has 3 aromatic rings. The summed E-state index contributed by atoms with van der Waals surface area (Å²) in [4.78, 5) is 2.81. The van der Waals surface area contributed by atoms with Crippen LogP contribution < -0.4 is 4.74 Å². The molecule has 2 nitrogen and oxygen atoms in total. The van der Waals surface area contributed by atoms with Gasteiger partial charge in [-0.15, -0.1) is 0 Å². The normalized spacial score (nSPS) is 22.8. The fourth-order valence-electron chi connectivity index (χ4n) is 5.34. The Hall–Kier alpha value is -2.36. The summed E-state index contributed by atoms with van der Waals surface area (Å²) in [7, 11) is 1.73. The molecule has 0 saturated carbocycles. The molecule has 154 valence electrons. The second kappa shape index (κ2) is 8.79. The molecule has 1 aromatic heterocycles. The van der Waals surface area contributed by atoms with E-state index in [-0.39, 0.29) is 0 Å². The molecule has 2 aliphatic heterocycles. The van der Waals surface area contributed by atoms with Crippen LogP contribution in [0, 0.1) is 0 Å². The second-order valence-corrected chi connectivity index (χ2v) is 9.18. The molecule has 0 N–H and O–H groups in total. The zero-order valence-corrected chi connectivity index (χ0v) is 18.4. The van der Waals surface area contributed by atoms with E-state index in [2.05, 4.69) is 76.3 Å². The molecule has 2 unspecified atom stereocenters. The van der Waals surface area contributed by atoms with E-state index in [9.17, 15) is 0 Å². The number of hydrogen-bond donors (Lipinski definition) is 0. The highest BCUT2D eigenvalue weighted by Crippen LogP contribution is 2.44. The minimum atomic E-state index is 0.574. The molecule has 3 heteroatoms. The summed E-state index contributed by atoms with van der Waals surface area (Å²) in [5, 5.41) is 4.51. The fourth-order valence-corrected chi connectivity index (χ4v) is 5.99. The van der Waals surface area contributed by atoms with E-state index >= 15 is 0 Å². The Morgan fingerprint density at radius 1 is 0.967 bits per heavy atom. The molecule has 2 aromatic carbocycles. The molecule has 0 amide bonds. The molecule has 2 fully saturated rings. The van der Waals surface area contributed by atoms with Gasteiger partial charge in [-0.1, -0.05) is 42.5 Å². The van der Waals surface area contributed by atoms with Crippen LogP contribution in [0.15, 0.2) is 77.0 Å². The number of methoxy groups -OCH3 is 1. The van der Waals surface area contributed by atoms with Crippen LogP contribution in [-0.4, -0.2) is 30.6 Å². The lowest BCUT2D eigenvalue weighted by molar-refractivity contribution is 0.179. The second-order valence-electron chi connectivity index (χ2n) is 8.40. The number of thiophene rings is 1. The zero-order valence-electron chi connectivity index (χ0n) is 17.6. The van der Waals surface area contributed by atoms with Crippen molar-refractivity contribution in [1.82, 2.24) is 4.90 Å². The molecule has 2 aliphatic rings. The van der Waals surface area contributed by atoms with Gasteiger partial charge in [0.15, 0.2) is 0 Å². The molecule has 30 heavy (non-hydrogen) atoms. The number of fused-ring (bicyclic) bond motifs is 2. The minimum Gasteiger partial charge on any atom is -0.497 e. The first kappa shape index (κ1) is 19.6. The number of ether oxygens (including phenoxy) is 1. The third kappa shape index (κ3) is 3.84. The quantitative estimate of drug-likeness (QED) is 0.460. The SMILES string of the molecule is COc1ccc(C(=C2CCC3CCC2N3CCc2ccccc2)c2ccsc2)cc1. The summed E-state index contributed by atoms with van der Waals surface area (Å²) < 4.78 is 5.40. The summed E-state index contributed by atoms with van der Waals surface area (Å²) in [5.74, 6) is 0.919. The van der Waals surface area contributed by atoms with Gasteiger partial charge in [-0.3, -0.25) is 4.90 Å². The van der Waals surface area contributed by atoms with Crippen LogP contribution in [0.25, 0.3) is 5.57 Å². The predicted octanol–water partition coefficient (Wildman–Crippen LogP) is 6.43. The Bertz CT molecular complexity index is 991. The number of piperidine rings is 1.